The van der Waals surface area contributed by atoms with Crippen LogP contribution in [0.3, 0.4) is 0 Å². The molecular weight excluding hydrogens is 346 g/mol. The highest BCUT2D eigenvalue weighted by Crippen LogP contribution is 2.22. The number of carbonyl (C=O) groups excluding carboxylic acids is 1. The Morgan fingerprint density at radius 1 is 1.39 bits per heavy atom. The van der Waals surface area contributed by atoms with Gasteiger partial charge in [0.15, 0.2) is 9.84 Å². The molecule has 1 aliphatic rings. The first-order valence-corrected chi connectivity index (χ1v) is 8.60. The number of nitro benzene ring substituents is 1. The van der Waals surface area contributed by atoms with Gasteiger partial charge in [0.25, 0.3) is 11.6 Å². The van der Waals surface area contributed by atoms with Crippen molar-refractivity contribution in [2.45, 2.75) is 17.9 Å². The van der Waals surface area contributed by atoms with Gasteiger partial charge < -0.3 is 10.2 Å². The number of amides is 1. The predicted molar refractivity (Wildman–Crippen MR) is 86.8 cm³/mol. The van der Waals surface area contributed by atoms with Crippen molar-refractivity contribution in [2.75, 3.05) is 25.9 Å². The lowest BCUT2D eigenvalue weighted by molar-refractivity contribution is -0.385. The Kier molecular flexibility index (Phi) is 6.09. The summed E-state index contributed by atoms with van der Waals surface area (Å²) in [5.74, 6) is -0.400. The van der Waals surface area contributed by atoms with E-state index in [1.54, 1.807) is 4.90 Å². The second kappa shape index (κ2) is 7.24. The van der Waals surface area contributed by atoms with Crippen LogP contribution < -0.4 is 5.32 Å². The fourth-order valence-corrected chi connectivity index (χ4v) is 3.01. The lowest BCUT2D eigenvalue weighted by atomic mass is 10.1. The van der Waals surface area contributed by atoms with E-state index in [1.165, 1.54) is 6.07 Å². The van der Waals surface area contributed by atoms with Gasteiger partial charge in [-0.1, -0.05) is 0 Å². The fourth-order valence-electron chi connectivity index (χ4n) is 2.33. The predicted octanol–water partition coefficient (Wildman–Crippen LogP) is 0.854. The van der Waals surface area contributed by atoms with Crippen LogP contribution in [-0.2, 0) is 9.84 Å². The maximum atomic E-state index is 12.5. The Morgan fingerprint density at radius 3 is 2.57 bits per heavy atom. The summed E-state index contributed by atoms with van der Waals surface area (Å²) in [6, 6.07) is 3.21. The quantitative estimate of drug-likeness (QED) is 0.629. The molecule has 0 unspecified atom stereocenters. The largest absolute Gasteiger partial charge is 0.333 e. The van der Waals surface area contributed by atoms with E-state index < -0.39 is 26.4 Å². The van der Waals surface area contributed by atoms with Gasteiger partial charge in [-0.3, -0.25) is 14.9 Å². The number of hydrogen-bond acceptors (Lipinski definition) is 6. The van der Waals surface area contributed by atoms with Crippen LogP contribution in [-0.4, -0.2) is 56.1 Å². The second-order valence-electron chi connectivity index (χ2n) is 5.30. The second-order valence-corrected chi connectivity index (χ2v) is 7.31. The molecule has 1 aromatic carbocycles. The number of piperazine rings is 1. The fraction of sp³-hybridized carbons (Fsp3) is 0.462. The molecule has 1 atom stereocenters. The standard InChI is InChI=1S/C13H17N3O5S.ClH/c1-9-8-14-3-4-15(9)13(17)10-5-11(16(18)19)7-12(6-10)22(2,20)21;/h5-7,9,14H,3-4,8H2,1-2H3;1H/t9-;/m0./s1. The highest BCUT2D eigenvalue weighted by Gasteiger charge is 2.26. The topological polar surface area (TPSA) is 110 Å². The number of non-ortho nitro benzene ring substituents is 1. The molecule has 23 heavy (non-hydrogen) atoms. The molecule has 10 heteroatoms. The van der Waals surface area contributed by atoms with E-state index in [-0.39, 0.29) is 28.9 Å². The summed E-state index contributed by atoms with van der Waals surface area (Å²) in [4.78, 5) is 24.2. The van der Waals surface area contributed by atoms with Crippen molar-refractivity contribution in [2.24, 2.45) is 0 Å². The van der Waals surface area contributed by atoms with E-state index in [4.69, 9.17) is 0 Å². The van der Waals surface area contributed by atoms with Gasteiger partial charge in [0.2, 0.25) is 0 Å². The number of nitrogens with one attached hydrogen (secondary N) is 1. The zero-order valence-corrected chi connectivity index (χ0v) is 14.3. The zero-order chi connectivity index (χ0) is 16.5. The van der Waals surface area contributed by atoms with Crippen LogP contribution >= 0.6 is 12.4 Å². The normalized spacial score (nSPS) is 18.2. The molecule has 128 valence electrons. The van der Waals surface area contributed by atoms with Gasteiger partial charge in [-0.25, -0.2) is 8.42 Å². The van der Waals surface area contributed by atoms with E-state index in [9.17, 15) is 23.3 Å². The van der Waals surface area contributed by atoms with Crippen molar-refractivity contribution < 1.29 is 18.1 Å². The summed E-state index contributed by atoms with van der Waals surface area (Å²) in [6.45, 7) is 3.58. The molecule has 0 saturated carbocycles. The Labute approximate surface area is 140 Å². The first kappa shape index (κ1) is 19.3. The number of hydrogen-bond donors (Lipinski definition) is 1. The molecule has 0 aromatic heterocycles. The lowest BCUT2D eigenvalue weighted by Gasteiger charge is -2.34. The molecular formula is C13H18ClN3O5S. The SMILES string of the molecule is C[C@H]1CNCCN1C(=O)c1cc([N+](=O)[O-])cc(S(C)(=O)=O)c1.Cl. The summed E-state index contributed by atoms with van der Waals surface area (Å²) >= 11 is 0. The number of halogens is 1. The number of nitro groups is 1. The number of sulfone groups is 1. The molecule has 1 heterocycles. The summed E-state index contributed by atoms with van der Waals surface area (Å²) in [6.07, 6.45) is 0.952. The highest BCUT2D eigenvalue weighted by atomic mass is 35.5. The van der Waals surface area contributed by atoms with Crippen molar-refractivity contribution in [3.05, 3.63) is 33.9 Å². The zero-order valence-electron chi connectivity index (χ0n) is 12.7. The summed E-state index contributed by atoms with van der Waals surface area (Å²) < 4.78 is 23.3. The molecule has 1 fully saturated rings. The Hall–Kier alpha value is -1.71. The number of rotatable bonds is 3. The number of nitrogens with zero attached hydrogens (tertiary/aromatic N) is 2. The van der Waals surface area contributed by atoms with Crippen LogP contribution in [0.15, 0.2) is 23.1 Å². The van der Waals surface area contributed by atoms with E-state index >= 15 is 0 Å². The van der Waals surface area contributed by atoms with Gasteiger partial charge in [0.1, 0.15) is 0 Å². The molecule has 0 spiro atoms. The van der Waals surface area contributed by atoms with Gasteiger partial charge >= 0.3 is 0 Å². The number of carbonyl (C=O) groups is 1. The minimum absolute atomic E-state index is 0. The maximum absolute atomic E-state index is 12.5. The first-order valence-electron chi connectivity index (χ1n) is 6.71. The molecule has 0 aliphatic carbocycles. The Bertz CT molecular complexity index is 722. The molecule has 8 nitrogen and oxygen atoms in total. The molecule has 0 radical (unpaired) electrons. The third-order valence-electron chi connectivity index (χ3n) is 3.54. The molecule has 1 saturated heterocycles. The Morgan fingerprint density at radius 2 is 2.04 bits per heavy atom. The number of benzene rings is 1. The average Bonchev–Trinajstić information content (AvgIpc) is 2.45. The minimum Gasteiger partial charge on any atom is -0.333 e. The average molecular weight is 364 g/mol. The van der Waals surface area contributed by atoms with Crippen molar-refractivity contribution in [1.82, 2.24) is 10.2 Å². The van der Waals surface area contributed by atoms with E-state index in [2.05, 4.69) is 5.32 Å². The van der Waals surface area contributed by atoms with Crippen LogP contribution in [0.5, 0.6) is 0 Å². The van der Waals surface area contributed by atoms with Crippen molar-refractivity contribution >= 4 is 33.8 Å². The minimum atomic E-state index is -3.65. The molecule has 2 rings (SSSR count). The maximum Gasteiger partial charge on any atom is 0.271 e. The van der Waals surface area contributed by atoms with Crippen LogP contribution in [0.2, 0.25) is 0 Å². The van der Waals surface area contributed by atoms with E-state index in [0.717, 1.165) is 18.4 Å². The summed E-state index contributed by atoms with van der Waals surface area (Å²) in [7, 11) is -3.65. The third-order valence-corrected chi connectivity index (χ3v) is 4.63. The summed E-state index contributed by atoms with van der Waals surface area (Å²) in [5.41, 5.74) is -0.391. The smallest absolute Gasteiger partial charge is 0.271 e. The van der Waals surface area contributed by atoms with Crippen molar-refractivity contribution in [3.8, 4) is 0 Å². The van der Waals surface area contributed by atoms with E-state index in [0.29, 0.717) is 19.6 Å². The Balaban J connectivity index is 0.00000264. The van der Waals surface area contributed by atoms with Gasteiger partial charge in [0, 0.05) is 49.6 Å². The first-order chi connectivity index (χ1) is 10.2. The molecule has 1 aromatic rings. The van der Waals surface area contributed by atoms with Gasteiger partial charge in [-0.05, 0) is 13.0 Å². The lowest BCUT2D eigenvalue weighted by Crippen LogP contribution is -2.52. The molecule has 0 bridgehead atoms. The van der Waals surface area contributed by atoms with Crippen molar-refractivity contribution in [1.29, 1.82) is 0 Å². The molecule has 1 N–H and O–H groups in total. The van der Waals surface area contributed by atoms with Crippen LogP contribution in [0.4, 0.5) is 5.69 Å². The molecule has 1 aliphatic heterocycles. The monoisotopic (exact) mass is 363 g/mol. The van der Waals surface area contributed by atoms with Crippen molar-refractivity contribution in [3.63, 3.8) is 0 Å². The van der Waals surface area contributed by atoms with Gasteiger partial charge in [0.05, 0.1) is 9.82 Å². The van der Waals surface area contributed by atoms with Crippen LogP contribution in [0.1, 0.15) is 17.3 Å². The highest BCUT2D eigenvalue weighted by molar-refractivity contribution is 7.90. The third kappa shape index (κ3) is 4.40. The van der Waals surface area contributed by atoms with Crippen LogP contribution in [0, 0.1) is 10.1 Å². The summed E-state index contributed by atoms with van der Waals surface area (Å²) in [5, 5.41) is 14.1. The van der Waals surface area contributed by atoms with Gasteiger partial charge in [-0.15, -0.1) is 12.4 Å². The van der Waals surface area contributed by atoms with E-state index in [1.807, 2.05) is 6.92 Å². The van der Waals surface area contributed by atoms with Crippen LogP contribution in [0.25, 0.3) is 0 Å². The molecule has 1 amide bonds. The van der Waals surface area contributed by atoms with Gasteiger partial charge in [-0.2, -0.15) is 0 Å².